The van der Waals surface area contributed by atoms with Crippen molar-refractivity contribution in [1.82, 2.24) is 0 Å². The Balaban J connectivity index is 1.14. The van der Waals surface area contributed by atoms with Crippen LogP contribution in [0.25, 0.3) is 12.2 Å². The number of ether oxygens (including phenoxy) is 2. The van der Waals surface area contributed by atoms with Gasteiger partial charge in [0, 0.05) is 58.1 Å². The lowest BCUT2D eigenvalue weighted by Crippen LogP contribution is -2.10. The van der Waals surface area contributed by atoms with Crippen molar-refractivity contribution < 1.29 is 19.1 Å². The van der Waals surface area contributed by atoms with E-state index >= 15 is 0 Å². The second kappa shape index (κ2) is 18.9. The third-order valence-electron chi connectivity index (χ3n) is 9.13. The molecule has 0 atom stereocenters. The van der Waals surface area contributed by atoms with Gasteiger partial charge in [-0.3, -0.25) is 0 Å². The SMILES string of the molecule is C=C(C)C(=O)OCCc1ccc(N(c2ccccc2)c2ccc(/C=C/c3ccc(N(c4ccccc4)c4ccc(CCOC(=O)C(=C)C)cc4)cc3)cc2)cc1. The second-order valence-electron chi connectivity index (χ2n) is 13.5. The first kappa shape index (κ1) is 38.8. The van der Waals surface area contributed by atoms with E-state index in [0.717, 1.165) is 56.4 Å². The van der Waals surface area contributed by atoms with E-state index in [4.69, 9.17) is 9.47 Å². The van der Waals surface area contributed by atoms with Crippen LogP contribution >= 0.6 is 0 Å². The molecule has 0 aliphatic carbocycles. The zero-order valence-electron chi connectivity index (χ0n) is 31.9. The number of hydrogen-bond acceptors (Lipinski definition) is 6. The summed E-state index contributed by atoms with van der Waals surface area (Å²) in [7, 11) is 0. The standard InChI is InChI=1S/C50H46N2O4/c1-37(2)49(53)55-35-33-41-21-29-47(30-22-41)51(43-11-7-5-8-12-43)45-25-17-39(18-26-45)15-16-40-19-27-46(28-20-40)52(44-13-9-6-10-14-44)48-31-23-42(24-32-48)34-36-56-50(54)38(3)4/h5-32H,1,3,33-36H2,2,4H3/b16-15+. The zero-order chi connectivity index (χ0) is 39.3. The fourth-order valence-electron chi connectivity index (χ4n) is 6.10. The average Bonchev–Trinajstić information content (AvgIpc) is 3.23. The number of hydrogen-bond donors (Lipinski definition) is 0. The highest BCUT2D eigenvalue weighted by Crippen LogP contribution is 2.36. The van der Waals surface area contributed by atoms with Gasteiger partial charge in [0.2, 0.25) is 0 Å². The van der Waals surface area contributed by atoms with Gasteiger partial charge in [0.05, 0.1) is 13.2 Å². The van der Waals surface area contributed by atoms with Gasteiger partial charge in [0.25, 0.3) is 0 Å². The van der Waals surface area contributed by atoms with Gasteiger partial charge in [-0.05, 0) is 109 Å². The molecule has 6 rings (SSSR count). The molecule has 6 aromatic rings. The number of rotatable bonds is 16. The Morgan fingerprint density at radius 2 is 0.732 bits per heavy atom. The van der Waals surface area contributed by atoms with Gasteiger partial charge < -0.3 is 19.3 Å². The Morgan fingerprint density at radius 1 is 0.446 bits per heavy atom. The fraction of sp³-hybridized carbons (Fsp3) is 0.120. The van der Waals surface area contributed by atoms with Crippen LogP contribution in [-0.2, 0) is 31.9 Å². The third-order valence-corrected chi connectivity index (χ3v) is 9.13. The van der Waals surface area contributed by atoms with Crippen LogP contribution in [0.5, 0.6) is 0 Å². The molecule has 0 fully saturated rings. The average molecular weight is 739 g/mol. The number of esters is 2. The first-order chi connectivity index (χ1) is 27.2. The molecule has 0 spiro atoms. The largest absolute Gasteiger partial charge is 0.462 e. The molecule has 0 aliphatic heterocycles. The lowest BCUT2D eigenvalue weighted by atomic mass is 10.1. The molecule has 0 bridgehead atoms. The summed E-state index contributed by atoms with van der Waals surface area (Å²) in [6, 6.07) is 54.4. The van der Waals surface area contributed by atoms with Gasteiger partial charge in [-0.1, -0.05) is 110 Å². The topological polar surface area (TPSA) is 59.1 Å². The summed E-state index contributed by atoms with van der Waals surface area (Å²) in [5.41, 5.74) is 11.4. The van der Waals surface area contributed by atoms with E-state index in [2.05, 4.69) is 156 Å². The first-order valence-corrected chi connectivity index (χ1v) is 18.7. The van der Waals surface area contributed by atoms with Gasteiger partial charge in [-0.25, -0.2) is 9.59 Å². The van der Waals surface area contributed by atoms with Crippen LogP contribution in [0.2, 0.25) is 0 Å². The maximum Gasteiger partial charge on any atom is 0.333 e. The maximum atomic E-state index is 11.8. The van der Waals surface area contributed by atoms with Crippen LogP contribution in [0.4, 0.5) is 34.1 Å². The molecule has 0 saturated heterocycles. The van der Waals surface area contributed by atoms with Crippen molar-refractivity contribution in [2.24, 2.45) is 0 Å². The Bertz CT molecular complexity index is 2100. The summed E-state index contributed by atoms with van der Waals surface area (Å²) in [5, 5.41) is 0. The minimum Gasteiger partial charge on any atom is -0.462 e. The number of anilines is 6. The van der Waals surface area contributed by atoms with E-state index in [-0.39, 0.29) is 11.9 Å². The van der Waals surface area contributed by atoms with Gasteiger partial charge in [0.1, 0.15) is 0 Å². The lowest BCUT2D eigenvalue weighted by Gasteiger charge is -2.26. The molecule has 6 aromatic carbocycles. The Morgan fingerprint density at radius 3 is 1.04 bits per heavy atom. The summed E-state index contributed by atoms with van der Waals surface area (Å²) in [6.07, 6.45) is 5.52. The summed E-state index contributed by atoms with van der Waals surface area (Å²) in [5.74, 6) is -0.728. The second-order valence-corrected chi connectivity index (χ2v) is 13.5. The van der Waals surface area contributed by atoms with Crippen LogP contribution in [0, 0.1) is 0 Å². The van der Waals surface area contributed by atoms with Gasteiger partial charge in [0.15, 0.2) is 0 Å². The van der Waals surface area contributed by atoms with Crippen molar-refractivity contribution in [3.8, 4) is 0 Å². The maximum absolute atomic E-state index is 11.8. The predicted molar refractivity (Wildman–Crippen MR) is 230 cm³/mol. The van der Waals surface area contributed by atoms with E-state index in [0.29, 0.717) is 37.2 Å². The van der Waals surface area contributed by atoms with Crippen molar-refractivity contribution in [1.29, 1.82) is 0 Å². The minimum atomic E-state index is -0.364. The molecule has 6 nitrogen and oxygen atoms in total. The highest BCUT2D eigenvalue weighted by atomic mass is 16.5. The molecular formula is C50H46N2O4. The Kier molecular flexibility index (Phi) is 13.1. The molecule has 0 unspecified atom stereocenters. The summed E-state index contributed by atoms with van der Waals surface area (Å²) < 4.78 is 10.6. The molecular weight excluding hydrogens is 693 g/mol. The van der Waals surface area contributed by atoms with Crippen LogP contribution in [-0.4, -0.2) is 25.2 Å². The smallest absolute Gasteiger partial charge is 0.333 e. The zero-order valence-corrected chi connectivity index (χ0v) is 31.9. The van der Waals surface area contributed by atoms with E-state index in [1.807, 2.05) is 36.4 Å². The van der Waals surface area contributed by atoms with Crippen LogP contribution in [0.15, 0.2) is 182 Å². The molecule has 0 N–H and O–H groups in total. The molecule has 0 amide bonds. The van der Waals surface area contributed by atoms with Gasteiger partial charge in [-0.15, -0.1) is 0 Å². The van der Waals surface area contributed by atoms with Crippen LogP contribution in [0.1, 0.15) is 36.1 Å². The predicted octanol–water partition coefficient (Wildman–Crippen LogP) is 12.1. The first-order valence-electron chi connectivity index (χ1n) is 18.7. The normalized spacial score (nSPS) is 10.8. The van der Waals surface area contributed by atoms with E-state index < -0.39 is 0 Å². The highest BCUT2D eigenvalue weighted by molar-refractivity contribution is 5.87. The molecule has 56 heavy (non-hydrogen) atoms. The molecule has 6 heteroatoms. The molecule has 0 saturated carbocycles. The number of nitrogens with zero attached hydrogens (tertiary/aromatic N) is 2. The van der Waals surface area contributed by atoms with Crippen LogP contribution in [0.3, 0.4) is 0 Å². The minimum absolute atomic E-state index is 0.313. The molecule has 0 aromatic heterocycles. The quantitative estimate of drug-likeness (QED) is 0.0560. The monoisotopic (exact) mass is 738 g/mol. The van der Waals surface area contributed by atoms with E-state index in [1.54, 1.807) is 13.8 Å². The van der Waals surface area contributed by atoms with Crippen molar-refractivity contribution >= 4 is 58.2 Å². The highest BCUT2D eigenvalue weighted by Gasteiger charge is 2.14. The molecule has 0 heterocycles. The van der Waals surface area contributed by atoms with Gasteiger partial charge in [-0.2, -0.15) is 0 Å². The molecule has 280 valence electrons. The molecule has 0 aliphatic rings. The van der Waals surface area contributed by atoms with Crippen molar-refractivity contribution in [2.75, 3.05) is 23.0 Å². The number of carbonyl (C=O) groups is 2. The molecule has 0 radical (unpaired) electrons. The number of benzene rings is 6. The van der Waals surface area contributed by atoms with Gasteiger partial charge >= 0.3 is 11.9 Å². The van der Waals surface area contributed by atoms with Crippen molar-refractivity contribution in [2.45, 2.75) is 26.7 Å². The Hall–Kier alpha value is -6.92. The Labute approximate surface area is 330 Å². The van der Waals surface area contributed by atoms with Crippen LogP contribution < -0.4 is 9.80 Å². The number of carbonyl (C=O) groups excluding carboxylic acids is 2. The van der Waals surface area contributed by atoms with E-state index in [9.17, 15) is 9.59 Å². The van der Waals surface area contributed by atoms with E-state index in [1.165, 1.54) is 0 Å². The van der Waals surface area contributed by atoms with Crippen molar-refractivity contribution in [3.63, 3.8) is 0 Å². The summed E-state index contributed by atoms with van der Waals surface area (Å²) in [4.78, 5) is 28.0. The third kappa shape index (κ3) is 10.4. The fourth-order valence-corrected chi connectivity index (χ4v) is 6.10. The van der Waals surface area contributed by atoms with Crippen molar-refractivity contribution in [3.05, 3.63) is 204 Å². The summed E-state index contributed by atoms with van der Waals surface area (Å²) in [6.45, 7) is 11.2. The summed E-state index contributed by atoms with van der Waals surface area (Å²) >= 11 is 0. The lowest BCUT2D eigenvalue weighted by molar-refractivity contribution is -0.139. The number of para-hydroxylation sites is 2.